The second kappa shape index (κ2) is 10.6. The monoisotopic (exact) mass is 640 g/mol. The predicted octanol–water partition coefficient (Wildman–Crippen LogP) is 4.92. The van der Waals surface area contributed by atoms with Crippen molar-refractivity contribution in [2.75, 3.05) is 5.43 Å². The van der Waals surface area contributed by atoms with Gasteiger partial charge in [0.2, 0.25) is 11.8 Å². The fourth-order valence-electron chi connectivity index (χ4n) is 8.87. The molecular formula is C38H32N4O6. The van der Waals surface area contributed by atoms with Crippen molar-refractivity contribution in [3.8, 4) is 5.75 Å². The van der Waals surface area contributed by atoms with Crippen molar-refractivity contribution in [2.45, 2.75) is 31.1 Å². The zero-order valence-electron chi connectivity index (χ0n) is 26.0. The minimum absolute atomic E-state index is 0.0609. The number of nitrogens with one attached hydrogen (secondary N) is 1. The molecule has 8 rings (SSSR count). The van der Waals surface area contributed by atoms with Gasteiger partial charge >= 0.3 is 6.03 Å². The molecule has 2 aliphatic carbocycles. The topological polar surface area (TPSA) is 150 Å². The normalized spacial score (nSPS) is 27.9. The maximum atomic E-state index is 15.3. The Morgan fingerprint density at radius 2 is 1.56 bits per heavy atom. The van der Waals surface area contributed by atoms with Crippen LogP contribution in [0, 0.1) is 30.6 Å². The third-order valence-corrected chi connectivity index (χ3v) is 10.8. The molecule has 6 atom stereocenters. The first-order valence-electron chi connectivity index (χ1n) is 16.0. The summed E-state index contributed by atoms with van der Waals surface area (Å²) in [6, 6.07) is 26.2. The van der Waals surface area contributed by atoms with Gasteiger partial charge in [-0.3, -0.25) is 24.6 Å². The van der Waals surface area contributed by atoms with E-state index in [-0.39, 0.29) is 18.6 Å². The van der Waals surface area contributed by atoms with Crippen LogP contribution in [0.2, 0.25) is 0 Å². The number of primary amides is 1. The standard InChI is InChI=1S/C38H32N4O6/c1-20-11-14-23(15-12-20)40-42-34(45)28-19-27-25(16-17-26-30(27)35(46)41(33(26)44)37(39)48)32(38(28,36(42)47)22-8-3-2-4-9-22)31-24-10-6-5-7-21(24)13-18-29(31)43/h2-16,18,26-28,30,32,40,43H,17,19H2,1H3,(H2,39,48)/t26-,27+,28-,30-,32+,38+/m0/s1. The number of hydrazine groups is 1. The number of hydrogen-bond acceptors (Lipinski definition) is 7. The first-order valence-corrected chi connectivity index (χ1v) is 16.0. The van der Waals surface area contributed by atoms with E-state index in [1.807, 2.05) is 79.7 Å². The Hall–Kier alpha value is -5.77. The van der Waals surface area contributed by atoms with Crippen LogP contribution in [0.15, 0.2) is 103 Å². The number of phenols is 1. The number of imide groups is 4. The zero-order valence-corrected chi connectivity index (χ0v) is 26.0. The van der Waals surface area contributed by atoms with Gasteiger partial charge in [-0.15, -0.1) is 0 Å². The van der Waals surface area contributed by atoms with E-state index < -0.39 is 64.7 Å². The van der Waals surface area contributed by atoms with Gasteiger partial charge in [-0.25, -0.2) is 4.79 Å². The SMILES string of the molecule is Cc1ccc(NN2C(=O)[C@@H]3C[C@@H]4C(=CC[C@@H]5C(=O)N(C(N)=O)C(=O)[C@@H]54)[C@H](c4c(O)ccc5ccccc45)[C@]3(c3ccccc3)C2=O)cc1. The highest BCUT2D eigenvalue weighted by molar-refractivity contribution is 6.17. The number of phenolic OH excluding ortho intramolecular Hbond substituents is 1. The van der Waals surface area contributed by atoms with Gasteiger partial charge in [0.15, 0.2) is 0 Å². The molecular weight excluding hydrogens is 608 g/mol. The molecule has 6 amide bonds. The van der Waals surface area contributed by atoms with Gasteiger partial charge < -0.3 is 10.8 Å². The van der Waals surface area contributed by atoms with Gasteiger partial charge in [0.25, 0.3) is 11.8 Å². The van der Waals surface area contributed by atoms with Gasteiger partial charge in [0.05, 0.1) is 28.9 Å². The molecule has 0 bridgehead atoms. The lowest BCUT2D eigenvalue weighted by Gasteiger charge is -2.51. The van der Waals surface area contributed by atoms with E-state index in [0.29, 0.717) is 32.7 Å². The van der Waals surface area contributed by atoms with Gasteiger partial charge in [-0.2, -0.15) is 9.91 Å². The number of hydrogen-bond donors (Lipinski definition) is 3. The second-order valence-corrected chi connectivity index (χ2v) is 13.2. The van der Waals surface area contributed by atoms with E-state index in [0.717, 1.165) is 16.0 Å². The second-order valence-electron chi connectivity index (χ2n) is 13.2. The van der Waals surface area contributed by atoms with Crippen LogP contribution >= 0.6 is 0 Å². The van der Waals surface area contributed by atoms with Crippen LogP contribution in [-0.2, 0) is 24.6 Å². The highest BCUT2D eigenvalue weighted by Gasteiger charge is 2.71. The molecule has 10 nitrogen and oxygen atoms in total. The van der Waals surface area contributed by atoms with Crippen LogP contribution in [0.3, 0.4) is 0 Å². The van der Waals surface area contributed by atoms with Crippen molar-refractivity contribution in [1.82, 2.24) is 9.91 Å². The van der Waals surface area contributed by atoms with Gasteiger partial charge in [0, 0.05) is 11.5 Å². The number of likely N-dealkylation sites (tertiary alicyclic amines) is 1. The Kier molecular flexibility index (Phi) is 6.56. The third-order valence-electron chi connectivity index (χ3n) is 10.8. The summed E-state index contributed by atoms with van der Waals surface area (Å²) < 4.78 is 0. The molecule has 0 unspecified atom stereocenters. The Labute approximate surface area is 275 Å². The molecule has 4 aromatic rings. The number of urea groups is 1. The summed E-state index contributed by atoms with van der Waals surface area (Å²) in [6.45, 7) is 1.94. The van der Waals surface area contributed by atoms with Crippen molar-refractivity contribution in [2.24, 2.45) is 29.4 Å². The highest BCUT2D eigenvalue weighted by atomic mass is 16.3. The average Bonchev–Trinajstić information content (AvgIpc) is 3.47. The molecule has 0 radical (unpaired) electrons. The fraction of sp³-hybridized carbons (Fsp3) is 0.237. The number of carbonyl (C=O) groups excluding carboxylic acids is 5. The van der Waals surface area contributed by atoms with Crippen molar-refractivity contribution >= 4 is 46.1 Å². The number of aryl methyl sites for hydroxylation is 1. The molecule has 4 aliphatic rings. The minimum Gasteiger partial charge on any atom is -0.508 e. The number of aromatic hydroxyl groups is 1. The van der Waals surface area contributed by atoms with Crippen LogP contribution < -0.4 is 11.2 Å². The highest BCUT2D eigenvalue weighted by Crippen LogP contribution is 2.65. The van der Waals surface area contributed by atoms with Crippen molar-refractivity contribution in [1.29, 1.82) is 0 Å². The number of allylic oxidation sites excluding steroid dienone is 2. The summed E-state index contributed by atoms with van der Waals surface area (Å²) in [4.78, 5) is 70.0. The quantitative estimate of drug-likeness (QED) is 0.212. The summed E-state index contributed by atoms with van der Waals surface area (Å²) in [5.74, 6) is -6.79. The van der Waals surface area contributed by atoms with E-state index in [9.17, 15) is 24.3 Å². The molecule has 2 saturated heterocycles. The molecule has 3 fully saturated rings. The Balaban J connectivity index is 1.41. The number of rotatable bonds is 4. The lowest BCUT2D eigenvalue weighted by molar-refractivity contribution is -0.139. The molecule has 4 aromatic carbocycles. The number of carbonyl (C=O) groups is 5. The summed E-state index contributed by atoms with van der Waals surface area (Å²) in [5.41, 5.74) is 10.3. The largest absolute Gasteiger partial charge is 0.508 e. The van der Waals surface area contributed by atoms with E-state index in [4.69, 9.17) is 5.73 Å². The molecule has 0 aromatic heterocycles. The molecule has 240 valence electrons. The average molecular weight is 641 g/mol. The number of nitrogens with zero attached hydrogens (tertiary/aromatic N) is 2. The molecule has 1 saturated carbocycles. The van der Waals surface area contributed by atoms with Gasteiger partial charge in [0.1, 0.15) is 5.75 Å². The molecule has 4 N–H and O–H groups in total. The lowest BCUT2D eigenvalue weighted by atomic mass is 9.48. The van der Waals surface area contributed by atoms with Crippen LogP contribution in [-0.4, -0.2) is 44.7 Å². The third kappa shape index (κ3) is 3.95. The number of fused-ring (bicyclic) bond motifs is 5. The Morgan fingerprint density at radius 3 is 2.29 bits per heavy atom. The maximum absolute atomic E-state index is 15.3. The minimum atomic E-state index is -1.54. The Bertz CT molecular complexity index is 2090. The zero-order chi connectivity index (χ0) is 33.5. The maximum Gasteiger partial charge on any atom is 0.328 e. The van der Waals surface area contributed by atoms with E-state index >= 15 is 4.79 Å². The van der Waals surface area contributed by atoms with E-state index in [1.54, 1.807) is 24.3 Å². The summed E-state index contributed by atoms with van der Waals surface area (Å²) >= 11 is 0. The molecule has 0 spiro atoms. The summed E-state index contributed by atoms with van der Waals surface area (Å²) in [6.07, 6.45) is 2.07. The van der Waals surface area contributed by atoms with Crippen LogP contribution in [0.4, 0.5) is 10.5 Å². The van der Waals surface area contributed by atoms with Crippen molar-refractivity contribution in [3.63, 3.8) is 0 Å². The number of anilines is 1. The van der Waals surface area contributed by atoms with Crippen molar-refractivity contribution in [3.05, 3.63) is 119 Å². The summed E-state index contributed by atoms with van der Waals surface area (Å²) in [5, 5.41) is 14.4. The molecule has 2 heterocycles. The molecule has 10 heteroatoms. The Morgan fingerprint density at radius 1 is 0.854 bits per heavy atom. The molecule has 2 aliphatic heterocycles. The molecule has 48 heavy (non-hydrogen) atoms. The van der Waals surface area contributed by atoms with E-state index in [2.05, 4.69) is 5.43 Å². The van der Waals surface area contributed by atoms with E-state index in [1.165, 1.54) is 0 Å². The van der Waals surface area contributed by atoms with Crippen LogP contribution in [0.25, 0.3) is 10.8 Å². The lowest BCUT2D eigenvalue weighted by Crippen LogP contribution is -2.53. The van der Waals surface area contributed by atoms with Gasteiger partial charge in [-0.05, 0) is 60.2 Å². The summed E-state index contributed by atoms with van der Waals surface area (Å²) in [7, 11) is 0. The number of benzene rings is 4. The fourth-order valence-corrected chi connectivity index (χ4v) is 8.87. The van der Waals surface area contributed by atoms with Crippen LogP contribution in [0.1, 0.15) is 35.4 Å². The predicted molar refractivity (Wildman–Crippen MR) is 176 cm³/mol. The van der Waals surface area contributed by atoms with Crippen molar-refractivity contribution < 1.29 is 29.1 Å². The first kappa shape index (κ1) is 29.6. The number of nitrogens with two attached hydrogens (primary N) is 1. The smallest absolute Gasteiger partial charge is 0.328 e. The first-order chi connectivity index (χ1) is 23.1. The number of amides is 6. The van der Waals surface area contributed by atoms with Crippen LogP contribution in [0.5, 0.6) is 5.75 Å². The van der Waals surface area contributed by atoms with Gasteiger partial charge in [-0.1, -0.05) is 90.0 Å².